The van der Waals surface area contributed by atoms with Crippen LogP contribution in [0.1, 0.15) is 41.4 Å². The second-order valence-electron chi connectivity index (χ2n) is 13.1. The molecule has 73 heavy (non-hydrogen) atoms. The van der Waals surface area contributed by atoms with Gasteiger partial charge in [-0.25, -0.2) is 39.9 Å². The van der Waals surface area contributed by atoms with Crippen LogP contribution in [0.25, 0.3) is 57.2 Å². The zero-order valence-electron chi connectivity index (χ0n) is 37.6. The molecule has 0 unspecified atom stereocenters. The number of hydrogen-bond donors (Lipinski definition) is 6. The van der Waals surface area contributed by atoms with Gasteiger partial charge in [-0.3, -0.25) is 0 Å². The van der Waals surface area contributed by atoms with Crippen molar-refractivity contribution < 1.29 is 99.5 Å². The van der Waals surface area contributed by atoms with Crippen molar-refractivity contribution in [3.8, 4) is 57.2 Å². The fraction of sp³-hybridized carbons (Fsp3) is 0. The van der Waals surface area contributed by atoms with E-state index in [0.717, 1.165) is 34.9 Å². The van der Waals surface area contributed by atoms with Crippen LogP contribution in [0.3, 0.4) is 0 Å². The first kappa shape index (κ1) is 65.4. The molecule has 0 spiro atoms. The van der Waals surface area contributed by atoms with Crippen LogP contribution in [-0.2, 0) is 17.1 Å². The van der Waals surface area contributed by atoms with Crippen LogP contribution >= 0.6 is 0 Å². The number of H-pyrrole nitrogens is 8. The molecule has 0 aliphatic rings. The average molecular weight is 1050 g/mol. The van der Waals surface area contributed by atoms with Crippen LogP contribution < -0.4 is 30.4 Å². The predicted octanol–water partition coefficient (Wildman–Crippen LogP) is -3.55. The van der Waals surface area contributed by atoms with E-state index in [4.69, 9.17) is 0 Å². The third-order valence-electron chi connectivity index (χ3n) is 8.93. The van der Waals surface area contributed by atoms with Crippen molar-refractivity contribution in [2.24, 2.45) is 0 Å². The number of carboxylic acids is 4. The Kier molecular flexibility index (Phi) is 29.5. The molecule has 6 heterocycles. The summed E-state index contributed by atoms with van der Waals surface area (Å²) in [6, 6.07) is 24.4. The van der Waals surface area contributed by atoms with Gasteiger partial charge < -0.3 is 92.4 Å². The zero-order chi connectivity index (χ0) is 46.7. The minimum absolute atomic E-state index is 0. The first-order valence-electron chi connectivity index (χ1n) is 19.4. The SMILES string of the molecule is O.O.O.O.O.O.O=C([O-])c1ccc(-c2ccccc2C(=O)[O-])cc1.O=C([O-])c1ccc(-c2ccccc2C(=O)[O-])cc1.[Mn+2].c1c[nH+]c(-c2[nH]cc[nH+]2)[nH]1.c1c[nH]c(-c2ncc[nH]2)n1.c1c[nH]c(-c2ncc[nH]2)n1. The van der Waals surface area contributed by atoms with E-state index in [2.05, 4.69) is 59.8 Å². The van der Waals surface area contributed by atoms with Crippen molar-refractivity contribution in [2.75, 3.05) is 0 Å². The molecule has 0 aliphatic carbocycles. The summed E-state index contributed by atoms with van der Waals surface area (Å²) < 4.78 is 0. The van der Waals surface area contributed by atoms with E-state index < -0.39 is 23.9 Å². The minimum atomic E-state index is -1.27. The number of rotatable bonds is 9. The molecular formula is C46H48MnN12O14. The van der Waals surface area contributed by atoms with Gasteiger partial charge in [0.15, 0.2) is 23.3 Å². The molecule has 0 atom stereocenters. The number of carboxylic acid groups (broad SMARTS) is 4. The number of nitrogens with zero attached hydrogens (tertiary/aromatic N) is 4. The number of benzene rings is 4. The van der Waals surface area contributed by atoms with E-state index in [-0.39, 0.29) is 72.2 Å². The van der Waals surface area contributed by atoms with E-state index >= 15 is 0 Å². The zero-order valence-corrected chi connectivity index (χ0v) is 38.8. The summed E-state index contributed by atoms with van der Waals surface area (Å²) in [5.41, 5.74) is 2.43. The van der Waals surface area contributed by atoms with Gasteiger partial charge in [-0.2, -0.15) is 0 Å². The summed E-state index contributed by atoms with van der Waals surface area (Å²) in [6.07, 6.45) is 21.2. The van der Waals surface area contributed by atoms with Crippen LogP contribution in [0.2, 0.25) is 0 Å². The van der Waals surface area contributed by atoms with Crippen molar-refractivity contribution in [1.29, 1.82) is 0 Å². The van der Waals surface area contributed by atoms with Crippen molar-refractivity contribution >= 4 is 23.9 Å². The Bertz CT molecular complexity index is 2670. The fourth-order valence-corrected chi connectivity index (χ4v) is 5.85. The maximum Gasteiger partial charge on any atom is 2.00 e. The predicted molar refractivity (Wildman–Crippen MR) is 249 cm³/mol. The summed E-state index contributed by atoms with van der Waals surface area (Å²) in [4.78, 5) is 83.0. The largest absolute Gasteiger partial charge is 2.00 e. The van der Waals surface area contributed by atoms with Crippen molar-refractivity contribution in [1.82, 2.24) is 49.8 Å². The monoisotopic (exact) mass is 1050 g/mol. The number of aromatic carboxylic acids is 4. The molecule has 383 valence electrons. The van der Waals surface area contributed by atoms with Crippen molar-refractivity contribution in [3.63, 3.8) is 0 Å². The van der Waals surface area contributed by atoms with Crippen molar-refractivity contribution in [2.45, 2.75) is 0 Å². The average Bonchev–Trinajstić information content (AvgIpc) is 4.19. The molecular weight excluding hydrogens is 1000 g/mol. The molecule has 26 nitrogen and oxygen atoms in total. The molecule has 0 aliphatic heterocycles. The molecule has 10 rings (SSSR count). The molecule has 1 radical (unpaired) electrons. The van der Waals surface area contributed by atoms with Gasteiger partial charge in [0.25, 0.3) is 0 Å². The number of nitrogens with one attached hydrogen (secondary N) is 8. The Morgan fingerprint density at radius 1 is 0.370 bits per heavy atom. The second-order valence-corrected chi connectivity index (χ2v) is 13.1. The second kappa shape index (κ2) is 32.9. The van der Waals surface area contributed by atoms with Crippen LogP contribution in [0.5, 0.6) is 0 Å². The van der Waals surface area contributed by atoms with Gasteiger partial charge in [-0.1, -0.05) is 97.1 Å². The Morgan fingerprint density at radius 2 is 0.658 bits per heavy atom. The number of carbonyl (C=O) groups excluding carboxylic acids is 4. The van der Waals surface area contributed by atoms with Gasteiger partial charge in [0.05, 0.1) is 23.9 Å². The van der Waals surface area contributed by atoms with E-state index in [0.29, 0.717) is 22.3 Å². The standard InChI is InChI=1S/2C14H10O4.3C6H6N4.Mn.6H2O/c2*15-13(16)10-7-5-9(6-8-10)11-3-1-2-4-12(11)14(17)18;3*1-2-8-5(7-1)6-9-3-4-10-6;;;;;;;/h2*1-8H,(H,15,16)(H,17,18);3*1-4H,(H,7,8)(H,9,10);;6*1H2/q;;;;;+2;;;;;;/p-2. The van der Waals surface area contributed by atoms with Crippen LogP contribution in [0, 0.1) is 0 Å². The Morgan fingerprint density at radius 3 is 0.877 bits per heavy atom. The number of imidazole rings is 6. The molecule has 0 amide bonds. The van der Waals surface area contributed by atoms with Gasteiger partial charge in [0.1, 0.15) is 24.8 Å². The summed E-state index contributed by atoms with van der Waals surface area (Å²) in [5, 5.41) is 43.1. The van der Waals surface area contributed by atoms with Crippen LogP contribution in [-0.4, -0.2) is 107 Å². The molecule has 6 aromatic heterocycles. The maximum absolute atomic E-state index is 11.0. The molecule has 0 fully saturated rings. The number of aromatic nitrogens is 12. The summed E-state index contributed by atoms with van der Waals surface area (Å²) in [7, 11) is 0. The number of carbonyl (C=O) groups is 4. The minimum Gasteiger partial charge on any atom is -0.545 e. The van der Waals surface area contributed by atoms with Gasteiger partial charge in [0, 0.05) is 60.7 Å². The topological polar surface area (TPSA) is 524 Å². The van der Waals surface area contributed by atoms with Gasteiger partial charge in [-0.05, 0) is 33.4 Å². The molecule has 0 bridgehead atoms. The van der Waals surface area contributed by atoms with Crippen LogP contribution in [0.4, 0.5) is 0 Å². The van der Waals surface area contributed by atoms with Gasteiger partial charge in [-0.15, -0.1) is 0 Å². The summed E-state index contributed by atoms with van der Waals surface area (Å²) in [6.45, 7) is 0. The molecule has 0 saturated heterocycles. The Labute approximate surface area is 422 Å². The smallest absolute Gasteiger partial charge is 0.545 e. The summed E-state index contributed by atoms with van der Waals surface area (Å²) in [5.74, 6) is -0.103. The normalized spacial score (nSPS) is 9.04. The Balaban J connectivity index is 0. The van der Waals surface area contributed by atoms with Gasteiger partial charge >= 0.3 is 28.7 Å². The fourth-order valence-electron chi connectivity index (χ4n) is 5.85. The summed E-state index contributed by atoms with van der Waals surface area (Å²) >= 11 is 0. The van der Waals surface area contributed by atoms with Crippen molar-refractivity contribution in [3.05, 3.63) is 194 Å². The van der Waals surface area contributed by atoms with Gasteiger partial charge in [0.2, 0.25) is 0 Å². The van der Waals surface area contributed by atoms with E-state index in [1.807, 2.05) is 24.8 Å². The van der Waals surface area contributed by atoms with Crippen LogP contribution in [0.15, 0.2) is 171 Å². The van der Waals surface area contributed by atoms with E-state index in [1.54, 1.807) is 86.0 Å². The Hall–Kier alpha value is -9.70. The number of aromatic amines is 8. The third-order valence-corrected chi connectivity index (χ3v) is 8.93. The number of hydrogen-bond acceptors (Lipinski definition) is 12. The molecule has 4 aromatic carbocycles. The first-order valence-corrected chi connectivity index (χ1v) is 19.4. The molecule has 10 aromatic rings. The molecule has 27 heteroatoms. The molecule has 0 saturated carbocycles. The van der Waals surface area contributed by atoms with E-state index in [9.17, 15) is 39.6 Å². The quantitative estimate of drug-likeness (QED) is 0.0766. The van der Waals surface area contributed by atoms with E-state index in [1.165, 1.54) is 60.7 Å². The maximum atomic E-state index is 11.0. The molecule has 20 N–H and O–H groups in total. The first-order chi connectivity index (χ1) is 32.1. The third kappa shape index (κ3) is 18.6.